The van der Waals surface area contributed by atoms with E-state index in [1.165, 1.54) is 4.31 Å². The van der Waals surface area contributed by atoms with Gasteiger partial charge in [-0.1, -0.05) is 18.2 Å². The molecule has 0 radical (unpaired) electrons. The fraction of sp³-hybridized carbons (Fsp3) is 0.333. The van der Waals surface area contributed by atoms with Crippen LogP contribution in [-0.2, 0) is 16.4 Å². The molecule has 0 saturated heterocycles. The third kappa shape index (κ3) is 3.24. The first-order valence-electron chi connectivity index (χ1n) is 8.24. The minimum Gasteiger partial charge on any atom is -0.493 e. The lowest BCUT2D eigenvalue weighted by Gasteiger charge is -2.19. The molecule has 0 spiro atoms. The lowest BCUT2D eigenvalue weighted by molar-refractivity contribution is 0.173. The van der Waals surface area contributed by atoms with Gasteiger partial charge in [0.25, 0.3) is 0 Å². The number of hydrogen-bond acceptors (Lipinski definition) is 5. The zero-order valence-corrected chi connectivity index (χ0v) is 14.5. The Morgan fingerprint density at radius 3 is 2.84 bits per heavy atom. The number of nitrogens with zero attached hydrogens (tertiary/aromatic N) is 1. The summed E-state index contributed by atoms with van der Waals surface area (Å²) in [6, 6.07) is 13.0. The Bertz CT molecular complexity index is 881. The predicted octanol–water partition coefficient (Wildman–Crippen LogP) is 2.58. The quantitative estimate of drug-likeness (QED) is 0.740. The third-order valence-corrected chi connectivity index (χ3v) is 6.20. The molecule has 2 aromatic carbocycles. The third-order valence-electron chi connectivity index (χ3n) is 4.34. The van der Waals surface area contributed by atoms with Crippen LogP contribution in [0.5, 0.6) is 17.2 Å². The molecule has 25 heavy (non-hydrogen) atoms. The lowest BCUT2D eigenvalue weighted by atomic mass is 10.2. The molecule has 2 heterocycles. The van der Waals surface area contributed by atoms with Crippen LogP contribution in [0.2, 0.25) is 0 Å². The fourth-order valence-corrected chi connectivity index (χ4v) is 4.66. The molecule has 7 heteroatoms. The summed E-state index contributed by atoms with van der Waals surface area (Å²) in [5, 5.41) is 0. The van der Waals surface area contributed by atoms with Gasteiger partial charge in [-0.15, -0.1) is 0 Å². The minimum atomic E-state index is -3.33. The summed E-state index contributed by atoms with van der Waals surface area (Å²) in [5.74, 6) is 2.06. The van der Waals surface area contributed by atoms with Crippen LogP contribution in [0.1, 0.15) is 12.0 Å². The Morgan fingerprint density at radius 1 is 1.08 bits per heavy atom. The molecule has 2 aliphatic heterocycles. The Balaban J connectivity index is 1.32. The summed E-state index contributed by atoms with van der Waals surface area (Å²) in [5.41, 5.74) is 1.89. The molecule has 2 aliphatic rings. The van der Waals surface area contributed by atoms with E-state index >= 15 is 0 Å². The van der Waals surface area contributed by atoms with Crippen LogP contribution in [0.25, 0.3) is 0 Å². The maximum atomic E-state index is 12.6. The second-order valence-corrected chi connectivity index (χ2v) is 8.00. The van der Waals surface area contributed by atoms with Crippen molar-refractivity contribution < 1.29 is 22.6 Å². The molecule has 0 aromatic heterocycles. The van der Waals surface area contributed by atoms with E-state index in [4.69, 9.17) is 14.2 Å². The fourth-order valence-electron chi connectivity index (χ4n) is 3.11. The SMILES string of the molecule is O=S(=O)(CCCOc1ccc2c(c1)OCO2)N1CCc2ccccc21. The standard InChI is InChI=1S/C18H19NO5S/c20-25(21,19-9-8-14-4-1-2-5-16(14)19)11-3-10-22-15-6-7-17-18(12-15)24-13-23-17/h1-2,4-7,12H,3,8-11,13H2. The maximum absolute atomic E-state index is 12.6. The summed E-state index contributed by atoms with van der Waals surface area (Å²) in [6.45, 7) is 1.06. The van der Waals surface area contributed by atoms with Crippen LogP contribution in [-0.4, -0.2) is 34.1 Å². The average Bonchev–Trinajstić information content (AvgIpc) is 3.25. The molecule has 6 nitrogen and oxygen atoms in total. The second-order valence-electron chi connectivity index (χ2n) is 5.98. The number of para-hydroxylation sites is 1. The minimum absolute atomic E-state index is 0.0614. The van der Waals surface area contributed by atoms with Crippen LogP contribution in [0.3, 0.4) is 0 Å². The van der Waals surface area contributed by atoms with Crippen LogP contribution in [0.15, 0.2) is 42.5 Å². The van der Waals surface area contributed by atoms with Gasteiger partial charge in [0.2, 0.25) is 16.8 Å². The second kappa shape index (κ2) is 6.48. The Morgan fingerprint density at radius 2 is 1.92 bits per heavy atom. The maximum Gasteiger partial charge on any atom is 0.235 e. The first-order valence-corrected chi connectivity index (χ1v) is 9.85. The van der Waals surface area contributed by atoms with Gasteiger partial charge in [0.05, 0.1) is 18.0 Å². The predicted molar refractivity (Wildman–Crippen MR) is 94.0 cm³/mol. The molecular weight excluding hydrogens is 342 g/mol. The van der Waals surface area contributed by atoms with Crippen molar-refractivity contribution in [2.45, 2.75) is 12.8 Å². The number of fused-ring (bicyclic) bond motifs is 2. The Kier molecular flexibility index (Phi) is 4.17. The topological polar surface area (TPSA) is 65.1 Å². The zero-order chi connectivity index (χ0) is 17.3. The van der Waals surface area contributed by atoms with Crippen molar-refractivity contribution in [3.8, 4) is 17.2 Å². The molecule has 0 unspecified atom stereocenters. The summed E-state index contributed by atoms with van der Waals surface area (Å²) in [7, 11) is -3.33. The molecule has 2 aromatic rings. The number of benzene rings is 2. The van der Waals surface area contributed by atoms with Gasteiger partial charge in [-0.25, -0.2) is 8.42 Å². The largest absolute Gasteiger partial charge is 0.493 e. The summed E-state index contributed by atoms with van der Waals surface area (Å²) < 4.78 is 42.9. The van der Waals surface area contributed by atoms with E-state index in [0.717, 1.165) is 17.7 Å². The first kappa shape index (κ1) is 16.1. The Hall–Kier alpha value is -2.41. The molecule has 132 valence electrons. The number of sulfonamides is 1. The van der Waals surface area contributed by atoms with Gasteiger partial charge in [-0.05, 0) is 36.6 Å². The van der Waals surface area contributed by atoms with Crippen LogP contribution in [0, 0.1) is 0 Å². The van der Waals surface area contributed by atoms with Gasteiger partial charge >= 0.3 is 0 Å². The molecular formula is C18H19NO5S. The van der Waals surface area contributed by atoms with Gasteiger partial charge in [-0.2, -0.15) is 0 Å². The smallest absolute Gasteiger partial charge is 0.235 e. The number of anilines is 1. The molecule has 0 atom stereocenters. The van der Waals surface area contributed by atoms with Crippen molar-refractivity contribution in [1.82, 2.24) is 0 Å². The van der Waals surface area contributed by atoms with Crippen molar-refractivity contribution in [3.05, 3.63) is 48.0 Å². The van der Waals surface area contributed by atoms with Gasteiger partial charge in [0.15, 0.2) is 11.5 Å². The highest BCUT2D eigenvalue weighted by molar-refractivity contribution is 7.92. The Labute approximate surface area is 147 Å². The number of ether oxygens (including phenoxy) is 3. The highest BCUT2D eigenvalue weighted by atomic mass is 32.2. The van der Waals surface area contributed by atoms with E-state index in [1.54, 1.807) is 18.2 Å². The van der Waals surface area contributed by atoms with Crippen LogP contribution >= 0.6 is 0 Å². The van der Waals surface area contributed by atoms with Gasteiger partial charge in [0.1, 0.15) is 5.75 Å². The van der Waals surface area contributed by atoms with E-state index in [2.05, 4.69) is 0 Å². The highest BCUT2D eigenvalue weighted by Gasteiger charge is 2.28. The average molecular weight is 361 g/mol. The van der Waals surface area contributed by atoms with E-state index in [9.17, 15) is 8.42 Å². The van der Waals surface area contributed by atoms with Crippen LogP contribution < -0.4 is 18.5 Å². The summed E-state index contributed by atoms with van der Waals surface area (Å²) in [6.07, 6.45) is 1.19. The lowest BCUT2D eigenvalue weighted by Crippen LogP contribution is -2.31. The van der Waals surface area contributed by atoms with Gasteiger partial charge < -0.3 is 14.2 Å². The summed E-state index contributed by atoms with van der Waals surface area (Å²) >= 11 is 0. The first-order chi connectivity index (χ1) is 12.1. The zero-order valence-electron chi connectivity index (χ0n) is 13.7. The summed E-state index contributed by atoms with van der Waals surface area (Å²) in [4.78, 5) is 0. The molecule has 0 bridgehead atoms. The van der Waals surface area contributed by atoms with Crippen molar-refractivity contribution >= 4 is 15.7 Å². The normalized spacial score (nSPS) is 15.3. The van der Waals surface area contributed by atoms with Gasteiger partial charge in [-0.3, -0.25) is 4.31 Å². The van der Waals surface area contributed by atoms with E-state index in [0.29, 0.717) is 36.8 Å². The molecule has 4 rings (SSSR count). The van der Waals surface area contributed by atoms with E-state index < -0.39 is 10.0 Å². The molecule has 0 aliphatic carbocycles. The van der Waals surface area contributed by atoms with Crippen molar-refractivity contribution in [2.24, 2.45) is 0 Å². The molecule has 0 N–H and O–H groups in total. The highest BCUT2D eigenvalue weighted by Crippen LogP contribution is 2.35. The molecule has 0 amide bonds. The van der Waals surface area contributed by atoms with E-state index in [-0.39, 0.29) is 12.5 Å². The van der Waals surface area contributed by atoms with Gasteiger partial charge in [0, 0.05) is 12.6 Å². The monoisotopic (exact) mass is 361 g/mol. The molecule has 0 saturated carbocycles. The van der Waals surface area contributed by atoms with Crippen molar-refractivity contribution in [1.29, 1.82) is 0 Å². The molecule has 0 fully saturated rings. The van der Waals surface area contributed by atoms with E-state index in [1.807, 2.05) is 24.3 Å². The van der Waals surface area contributed by atoms with Crippen molar-refractivity contribution in [3.63, 3.8) is 0 Å². The van der Waals surface area contributed by atoms with Crippen LogP contribution in [0.4, 0.5) is 5.69 Å². The number of hydrogen-bond donors (Lipinski definition) is 0. The number of rotatable bonds is 6. The van der Waals surface area contributed by atoms with Crippen molar-refractivity contribution in [2.75, 3.05) is 30.0 Å².